The van der Waals surface area contributed by atoms with Gasteiger partial charge in [-0.1, -0.05) is 0 Å². The molecule has 1 heterocycles. The van der Waals surface area contributed by atoms with Gasteiger partial charge in [-0.15, -0.1) is 0 Å². The molecule has 5 heteroatoms. The Morgan fingerprint density at radius 1 is 1.50 bits per heavy atom. The third kappa shape index (κ3) is 3.16. The average molecular weight is 201 g/mol. The number of ether oxygens (including phenoxy) is 1. The van der Waals surface area contributed by atoms with Crippen LogP contribution in [0.25, 0.3) is 0 Å². The Kier molecular flexibility index (Phi) is 4.69. The second-order valence-corrected chi connectivity index (χ2v) is 3.21. The molecule has 1 aliphatic rings. The summed E-state index contributed by atoms with van der Waals surface area (Å²) in [6.45, 7) is 6.46. The van der Waals surface area contributed by atoms with Gasteiger partial charge >= 0.3 is 0 Å². The number of aliphatic imine (C=N–C) groups is 1. The average Bonchev–Trinajstić information content (AvgIpc) is 2.53. The Balaban J connectivity index is 2.42. The van der Waals surface area contributed by atoms with Gasteiger partial charge in [-0.3, -0.25) is 4.99 Å². The zero-order valence-electron chi connectivity index (χ0n) is 8.79. The standard InChI is InChI=1S/C9H19N3O2/c1-3-10-9(11-4-2)12-7-5-14-6-8(7)13/h7-8,13H,3-6H2,1-2H3,(H2,10,11,12). The van der Waals surface area contributed by atoms with Gasteiger partial charge in [-0.2, -0.15) is 0 Å². The van der Waals surface area contributed by atoms with Crippen molar-refractivity contribution in [3.8, 4) is 0 Å². The summed E-state index contributed by atoms with van der Waals surface area (Å²) in [5, 5.41) is 15.7. The lowest BCUT2D eigenvalue weighted by Gasteiger charge is -2.18. The van der Waals surface area contributed by atoms with Crippen LogP contribution in [-0.2, 0) is 4.74 Å². The van der Waals surface area contributed by atoms with E-state index in [1.54, 1.807) is 0 Å². The summed E-state index contributed by atoms with van der Waals surface area (Å²) in [5.74, 6) is 0.740. The van der Waals surface area contributed by atoms with Gasteiger partial charge in [0.05, 0.1) is 25.4 Å². The first-order chi connectivity index (χ1) is 6.77. The van der Waals surface area contributed by atoms with Gasteiger partial charge < -0.3 is 20.5 Å². The molecule has 0 saturated carbocycles. The van der Waals surface area contributed by atoms with E-state index in [1.807, 2.05) is 13.8 Å². The molecule has 1 fully saturated rings. The van der Waals surface area contributed by atoms with Crippen molar-refractivity contribution in [2.24, 2.45) is 4.99 Å². The number of rotatable bonds is 3. The number of aliphatic hydroxyl groups excluding tert-OH is 1. The summed E-state index contributed by atoms with van der Waals surface area (Å²) in [4.78, 5) is 4.24. The summed E-state index contributed by atoms with van der Waals surface area (Å²) in [5.41, 5.74) is 0. The Morgan fingerprint density at radius 2 is 2.29 bits per heavy atom. The van der Waals surface area contributed by atoms with Crippen molar-refractivity contribution < 1.29 is 9.84 Å². The molecule has 3 N–H and O–H groups in total. The molecule has 1 rings (SSSR count). The molecule has 1 saturated heterocycles. The Morgan fingerprint density at radius 3 is 2.79 bits per heavy atom. The summed E-state index contributed by atoms with van der Waals surface area (Å²) in [6, 6.07) is -0.0423. The van der Waals surface area contributed by atoms with E-state index in [1.165, 1.54) is 0 Å². The summed E-state index contributed by atoms with van der Waals surface area (Å²) in [7, 11) is 0. The maximum absolute atomic E-state index is 9.50. The van der Waals surface area contributed by atoms with Crippen LogP contribution in [0.2, 0.25) is 0 Å². The van der Waals surface area contributed by atoms with E-state index in [9.17, 15) is 5.11 Å². The molecule has 82 valence electrons. The highest BCUT2D eigenvalue weighted by atomic mass is 16.5. The quantitative estimate of drug-likeness (QED) is 0.418. The second kappa shape index (κ2) is 5.82. The van der Waals surface area contributed by atoms with Crippen LogP contribution in [-0.4, -0.2) is 49.5 Å². The molecule has 0 radical (unpaired) electrons. The molecule has 0 aromatic heterocycles. The molecule has 0 aliphatic carbocycles. The van der Waals surface area contributed by atoms with E-state index in [0.29, 0.717) is 13.2 Å². The Labute approximate surface area is 84.6 Å². The second-order valence-electron chi connectivity index (χ2n) is 3.21. The van der Waals surface area contributed by atoms with Crippen LogP contribution in [0.4, 0.5) is 0 Å². The van der Waals surface area contributed by atoms with E-state index in [-0.39, 0.29) is 6.04 Å². The maximum Gasteiger partial charge on any atom is 0.191 e. The lowest BCUT2D eigenvalue weighted by atomic mass is 10.2. The van der Waals surface area contributed by atoms with E-state index in [0.717, 1.165) is 19.0 Å². The largest absolute Gasteiger partial charge is 0.388 e. The summed E-state index contributed by atoms with van der Waals surface area (Å²) >= 11 is 0. The van der Waals surface area contributed by atoms with Crippen LogP contribution >= 0.6 is 0 Å². The van der Waals surface area contributed by atoms with Crippen molar-refractivity contribution in [1.29, 1.82) is 0 Å². The molecule has 0 aromatic carbocycles. The maximum atomic E-state index is 9.50. The fraction of sp³-hybridized carbons (Fsp3) is 0.889. The number of aliphatic hydroxyl groups is 1. The van der Waals surface area contributed by atoms with E-state index >= 15 is 0 Å². The minimum atomic E-state index is -0.435. The first kappa shape index (κ1) is 11.3. The van der Waals surface area contributed by atoms with Crippen LogP contribution in [0.3, 0.4) is 0 Å². The monoisotopic (exact) mass is 201 g/mol. The van der Waals surface area contributed by atoms with E-state index in [4.69, 9.17) is 4.74 Å². The van der Waals surface area contributed by atoms with Gasteiger partial charge in [0.1, 0.15) is 0 Å². The first-order valence-corrected chi connectivity index (χ1v) is 5.08. The predicted molar refractivity (Wildman–Crippen MR) is 55.4 cm³/mol. The molecule has 5 nitrogen and oxygen atoms in total. The van der Waals surface area contributed by atoms with E-state index in [2.05, 4.69) is 15.6 Å². The molecule has 0 aromatic rings. The minimum absolute atomic E-state index is 0.0423. The molecular formula is C9H19N3O2. The zero-order valence-corrected chi connectivity index (χ0v) is 8.79. The summed E-state index contributed by atoms with van der Waals surface area (Å²) < 4.78 is 5.13. The third-order valence-electron chi connectivity index (χ3n) is 2.03. The molecule has 14 heavy (non-hydrogen) atoms. The number of hydrogen-bond donors (Lipinski definition) is 3. The van der Waals surface area contributed by atoms with Gasteiger partial charge in [-0.25, -0.2) is 0 Å². The van der Waals surface area contributed by atoms with Crippen LogP contribution < -0.4 is 10.6 Å². The highest BCUT2D eigenvalue weighted by Gasteiger charge is 2.26. The van der Waals surface area contributed by atoms with Gasteiger partial charge in [-0.05, 0) is 13.8 Å². The van der Waals surface area contributed by atoms with Crippen LogP contribution in [0, 0.1) is 0 Å². The lowest BCUT2D eigenvalue weighted by Crippen LogP contribution is -2.48. The minimum Gasteiger partial charge on any atom is -0.388 e. The number of nitrogens with zero attached hydrogens (tertiary/aromatic N) is 1. The Bertz CT molecular complexity index is 196. The highest BCUT2D eigenvalue weighted by molar-refractivity contribution is 5.80. The van der Waals surface area contributed by atoms with Crippen molar-refractivity contribution in [3.05, 3.63) is 0 Å². The van der Waals surface area contributed by atoms with Crippen molar-refractivity contribution in [2.45, 2.75) is 26.0 Å². The van der Waals surface area contributed by atoms with Crippen molar-refractivity contribution >= 4 is 5.96 Å². The normalized spacial score (nSPS) is 27.8. The number of guanidine groups is 1. The molecule has 0 bridgehead atoms. The molecule has 2 atom stereocenters. The Hall–Kier alpha value is -0.810. The summed E-state index contributed by atoms with van der Waals surface area (Å²) in [6.07, 6.45) is -0.435. The number of nitrogens with one attached hydrogen (secondary N) is 2. The number of hydrogen-bond acceptors (Lipinski definition) is 3. The van der Waals surface area contributed by atoms with Crippen LogP contribution in [0.15, 0.2) is 4.99 Å². The van der Waals surface area contributed by atoms with Crippen LogP contribution in [0.1, 0.15) is 13.8 Å². The molecule has 0 spiro atoms. The highest BCUT2D eigenvalue weighted by Crippen LogP contribution is 2.04. The van der Waals surface area contributed by atoms with Crippen molar-refractivity contribution in [2.75, 3.05) is 26.3 Å². The van der Waals surface area contributed by atoms with Gasteiger partial charge in [0.2, 0.25) is 0 Å². The predicted octanol–water partition coefficient (Wildman–Crippen LogP) is -0.679. The zero-order chi connectivity index (χ0) is 10.4. The topological polar surface area (TPSA) is 65.9 Å². The van der Waals surface area contributed by atoms with Crippen LogP contribution in [0.5, 0.6) is 0 Å². The molecule has 1 aliphatic heterocycles. The van der Waals surface area contributed by atoms with Crippen molar-refractivity contribution in [1.82, 2.24) is 10.6 Å². The third-order valence-corrected chi connectivity index (χ3v) is 2.03. The van der Waals surface area contributed by atoms with Crippen molar-refractivity contribution in [3.63, 3.8) is 0 Å². The lowest BCUT2D eigenvalue weighted by molar-refractivity contribution is 0.123. The SMILES string of the molecule is CCN=C(NCC)NC1COCC1O. The van der Waals surface area contributed by atoms with Gasteiger partial charge in [0.25, 0.3) is 0 Å². The first-order valence-electron chi connectivity index (χ1n) is 5.08. The molecule has 2 unspecified atom stereocenters. The molecule has 0 amide bonds. The fourth-order valence-electron chi connectivity index (χ4n) is 1.33. The molecular weight excluding hydrogens is 182 g/mol. The fourth-order valence-corrected chi connectivity index (χ4v) is 1.33. The van der Waals surface area contributed by atoms with Gasteiger partial charge in [0, 0.05) is 13.1 Å². The smallest absolute Gasteiger partial charge is 0.191 e. The van der Waals surface area contributed by atoms with Gasteiger partial charge in [0.15, 0.2) is 5.96 Å². The van der Waals surface area contributed by atoms with E-state index < -0.39 is 6.10 Å².